The summed E-state index contributed by atoms with van der Waals surface area (Å²) in [7, 11) is -2.61. The molecule has 0 aliphatic carbocycles. The second-order valence-electron chi connectivity index (χ2n) is 7.22. The van der Waals surface area contributed by atoms with Crippen molar-refractivity contribution in [3.05, 3.63) is 90.5 Å². The quantitative estimate of drug-likeness (QED) is 0.300. The number of hydrogen-bond acceptors (Lipinski definition) is 5. The predicted molar refractivity (Wildman–Crippen MR) is 130 cm³/mol. The van der Waals surface area contributed by atoms with Crippen LogP contribution < -0.4 is 13.8 Å². The number of rotatable bonds is 10. The second-order valence-corrected chi connectivity index (χ2v) is 9.01. The number of sulfonamides is 1. The van der Waals surface area contributed by atoms with Gasteiger partial charge in [0.2, 0.25) is 0 Å². The molecule has 6 nitrogen and oxygen atoms in total. The molecule has 172 valence electrons. The summed E-state index contributed by atoms with van der Waals surface area (Å²) < 4.78 is 38.3. The number of carbonyl (C=O) groups excluding carboxylic acids is 1. The molecule has 0 spiro atoms. The summed E-state index contributed by atoms with van der Waals surface area (Å²) >= 11 is 0. The Hall–Kier alpha value is -3.58. The van der Waals surface area contributed by atoms with Crippen LogP contribution in [-0.4, -0.2) is 28.0 Å². The van der Waals surface area contributed by atoms with Gasteiger partial charge in [0.05, 0.1) is 24.3 Å². The van der Waals surface area contributed by atoms with Crippen molar-refractivity contribution in [1.29, 1.82) is 0 Å². The Labute approximate surface area is 195 Å². The lowest BCUT2D eigenvalue weighted by Gasteiger charge is -2.21. The minimum atomic E-state index is -4.13. The fourth-order valence-electron chi connectivity index (χ4n) is 3.04. The number of methoxy groups -OCH3 is 1. The van der Waals surface area contributed by atoms with Crippen molar-refractivity contribution in [2.24, 2.45) is 0 Å². The van der Waals surface area contributed by atoms with Crippen LogP contribution in [0.2, 0.25) is 0 Å². The normalized spacial score (nSPS) is 11.3. The number of carbonyl (C=O) groups is 1. The molecule has 0 bridgehead atoms. The molecular weight excluding hydrogens is 438 g/mol. The van der Waals surface area contributed by atoms with Crippen LogP contribution in [0, 0.1) is 0 Å². The Balaban J connectivity index is 1.87. The summed E-state index contributed by atoms with van der Waals surface area (Å²) in [5, 5.41) is 0. The number of hydrogen-bond donors (Lipinski definition) is 0. The smallest absolute Gasteiger partial charge is 0.271 e. The molecule has 0 unspecified atom stereocenters. The highest BCUT2D eigenvalue weighted by Crippen LogP contribution is 2.26. The summed E-state index contributed by atoms with van der Waals surface area (Å²) in [6.07, 6.45) is 4.86. The highest BCUT2D eigenvalue weighted by Gasteiger charge is 2.29. The third-order valence-corrected chi connectivity index (χ3v) is 6.59. The zero-order valence-electron chi connectivity index (χ0n) is 18.7. The van der Waals surface area contributed by atoms with Crippen molar-refractivity contribution in [2.75, 3.05) is 18.0 Å². The fourth-order valence-corrected chi connectivity index (χ4v) is 4.45. The van der Waals surface area contributed by atoms with Crippen LogP contribution in [0.25, 0.3) is 6.08 Å². The first-order chi connectivity index (χ1) is 16.0. The van der Waals surface area contributed by atoms with Gasteiger partial charge < -0.3 is 9.47 Å². The van der Waals surface area contributed by atoms with Gasteiger partial charge in [-0.25, -0.2) is 8.42 Å². The van der Waals surface area contributed by atoms with E-state index in [1.54, 1.807) is 36.4 Å². The minimum absolute atomic E-state index is 0.0242. The van der Waals surface area contributed by atoms with Gasteiger partial charge in [-0.1, -0.05) is 43.7 Å². The number of benzene rings is 3. The van der Waals surface area contributed by atoms with Gasteiger partial charge in [0, 0.05) is 6.08 Å². The van der Waals surface area contributed by atoms with Crippen molar-refractivity contribution in [1.82, 2.24) is 0 Å². The molecule has 0 N–H and O–H groups in total. The van der Waals surface area contributed by atoms with E-state index in [1.165, 1.54) is 37.5 Å². The summed E-state index contributed by atoms with van der Waals surface area (Å²) in [5.41, 5.74) is 0.965. The Morgan fingerprint density at radius 1 is 0.909 bits per heavy atom. The maximum Gasteiger partial charge on any atom is 0.271 e. The minimum Gasteiger partial charge on any atom is -0.497 e. The molecule has 0 radical (unpaired) electrons. The first-order valence-electron chi connectivity index (χ1n) is 10.6. The van der Waals surface area contributed by atoms with Crippen LogP contribution >= 0.6 is 0 Å². The number of unbranched alkanes of at least 4 members (excludes halogenated alkanes) is 1. The molecule has 7 heteroatoms. The lowest BCUT2D eigenvalue weighted by molar-refractivity contribution is -0.113. The average molecular weight is 466 g/mol. The molecular formula is C26H27NO5S. The monoisotopic (exact) mass is 465 g/mol. The van der Waals surface area contributed by atoms with Gasteiger partial charge >= 0.3 is 0 Å². The van der Waals surface area contributed by atoms with E-state index < -0.39 is 15.9 Å². The average Bonchev–Trinajstić information content (AvgIpc) is 2.84. The van der Waals surface area contributed by atoms with E-state index in [9.17, 15) is 13.2 Å². The summed E-state index contributed by atoms with van der Waals surface area (Å²) in [6.45, 7) is 2.75. The maximum atomic E-state index is 13.3. The van der Waals surface area contributed by atoms with E-state index in [0.717, 1.165) is 28.5 Å². The number of amides is 1. The van der Waals surface area contributed by atoms with Crippen molar-refractivity contribution in [3.63, 3.8) is 0 Å². The van der Waals surface area contributed by atoms with E-state index in [2.05, 4.69) is 6.92 Å². The lowest BCUT2D eigenvalue weighted by Crippen LogP contribution is -2.35. The molecule has 1 amide bonds. The fraction of sp³-hybridized carbons (Fsp3) is 0.192. The highest BCUT2D eigenvalue weighted by molar-refractivity contribution is 7.93. The van der Waals surface area contributed by atoms with Crippen molar-refractivity contribution in [2.45, 2.75) is 24.7 Å². The molecule has 0 aliphatic heterocycles. The molecule has 0 saturated carbocycles. The zero-order chi connectivity index (χ0) is 23.7. The Morgan fingerprint density at radius 2 is 1.55 bits per heavy atom. The van der Waals surface area contributed by atoms with Gasteiger partial charge in [0.1, 0.15) is 11.5 Å². The SMILES string of the molecule is CCCCOc1ccc(/C=C/C(=O)N(c2ccc(OC)cc2)S(=O)(=O)c2ccccc2)cc1. The van der Waals surface area contributed by atoms with Crippen LogP contribution in [0.3, 0.4) is 0 Å². The standard InChI is InChI=1S/C26H27NO5S/c1-3-4-20-32-24-15-10-21(11-16-24)12-19-26(28)27(22-13-17-23(31-2)18-14-22)33(29,30)25-8-6-5-7-9-25/h5-19H,3-4,20H2,1-2H3/b19-12+. The molecule has 0 heterocycles. The molecule has 0 aliphatic rings. The number of nitrogens with zero attached hydrogens (tertiary/aromatic N) is 1. The van der Waals surface area contributed by atoms with E-state index >= 15 is 0 Å². The van der Waals surface area contributed by atoms with E-state index in [4.69, 9.17) is 9.47 Å². The number of ether oxygens (including phenoxy) is 2. The van der Waals surface area contributed by atoms with Gasteiger partial charge in [-0.3, -0.25) is 4.79 Å². The largest absolute Gasteiger partial charge is 0.497 e. The van der Waals surface area contributed by atoms with Crippen LogP contribution in [0.1, 0.15) is 25.3 Å². The van der Waals surface area contributed by atoms with Gasteiger partial charge in [-0.2, -0.15) is 4.31 Å². The first kappa shape index (κ1) is 24.1. The van der Waals surface area contributed by atoms with Gasteiger partial charge in [-0.05, 0) is 66.6 Å². The zero-order valence-corrected chi connectivity index (χ0v) is 19.5. The second kappa shape index (κ2) is 11.3. The van der Waals surface area contributed by atoms with E-state index in [-0.39, 0.29) is 10.6 Å². The summed E-state index contributed by atoms with van der Waals surface area (Å²) in [6, 6.07) is 21.4. The molecule has 3 aromatic carbocycles. The van der Waals surface area contributed by atoms with E-state index in [0.29, 0.717) is 12.4 Å². The van der Waals surface area contributed by atoms with Crippen molar-refractivity contribution in [3.8, 4) is 11.5 Å². The topological polar surface area (TPSA) is 72.9 Å². The third kappa shape index (κ3) is 6.23. The molecule has 3 rings (SSSR count). The van der Waals surface area contributed by atoms with Crippen LogP contribution in [0.4, 0.5) is 5.69 Å². The molecule has 0 atom stereocenters. The van der Waals surface area contributed by atoms with E-state index in [1.807, 2.05) is 24.3 Å². The molecule has 0 aromatic heterocycles. The summed E-state index contributed by atoms with van der Waals surface area (Å²) in [5.74, 6) is 0.616. The molecule has 33 heavy (non-hydrogen) atoms. The Bertz CT molecular complexity index is 1170. The van der Waals surface area contributed by atoms with Crippen LogP contribution in [0.5, 0.6) is 11.5 Å². The molecule has 0 saturated heterocycles. The van der Waals surface area contributed by atoms with Gasteiger partial charge in [0.15, 0.2) is 0 Å². The summed E-state index contributed by atoms with van der Waals surface area (Å²) in [4.78, 5) is 13.2. The molecule has 3 aromatic rings. The maximum absolute atomic E-state index is 13.3. The molecule has 0 fully saturated rings. The van der Waals surface area contributed by atoms with Crippen molar-refractivity contribution >= 4 is 27.7 Å². The first-order valence-corrected chi connectivity index (χ1v) is 12.1. The number of anilines is 1. The highest BCUT2D eigenvalue weighted by atomic mass is 32.2. The van der Waals surface area contributed by atoms with Gasteiger partial charge in [-0.15, -0.1) is 0 Å². The van der Waals surface area contributed by atoms with Crippen molar-refractivity contribution < 1.29 is 22.7 Å². The lowest BCUT2D eigenvalue weighted by atomic mass is 10.2. The Kier molecular flexibility index (Phi) is 8.27. The van der Waals surface area contributed by atoms with Crippen LogP contribution in [-0.2, 0) is 14.8 Å². The predicted octanol–water partition coefficient (Wildman–Crippen LogP) is 5.31. The third-order valence-electron chi connectivity index (χ3n) is 4.85. The Morgan fingerprint density at radius 3 is 2.15 bits per heavy atom. The van der Waals surface area contributed by atoms with Gasteiger partial charge in [0.25, 0.3) is 15.9 Å². The van der Waals surface area contributed by atoms with Crippen LogP contribution in [0.15, 0.2) is 89.8 Å².